The van der Waals surface area contributed by atoms with Crippen LogP contribution < -0.4 is 15.5 Å². The quantitative estimate of drug-likeness (QED) is 0.854. The minimum absolute atomic E-state index is 0.136. The number of nitrogens with zero attached hydrogens (tertiary/aromatic N) is 2. The van der Waals surface area contributed by atoms with Crippen molar-refractivity contribution in [1.29, 1.82) is 0 Å². The number of carbonyl (C=O) groups excluding carboxylic acids is 2. The summed E-state index contributed by atoms with van der Waals surface area (Å²) in [6, 6.07) is 14.8. The van der Waals surface area contributed by atoms with Crippen LogP contribution in [0, 0.1) is 0 Å². The summed E-state index contributed by atoms with van der Waals surface area (Å²) < 4.78 is 0. The molecule has 2 aromatic rings. The second-order valence-electron chi connectivity index (χ2n) is 6.68. The molecule has 0 aromatic heterocycles. The van der Waals surface area contributed by atoms with Gasteiger partial charge in [0.05, 0.1) is 0 Å². The van der Waals surface area contributed by atoms with Crippen molar-refractivity contribution in [3.05, 3.63) is 54.1 Å². The van der Waals surface area contributed by atoms with Crippen molar-refractivity contribution in [2.75, 3.05) is 48.3 Å². The first-order valence-electron chi connectivity index (χ1n) is 9.31. The zero-order chi connectivity index (χ0) is 19.2. The molecule has 1 fully saturated rings. The van der Waals surface area contributed by atoms with Gasteiger partial charge >= 0.3 is 0 Å². The summed E-state index contributed by atoms with van der Waals surface area (Å²) in [4.78, 5) is 28.3. The summed E-state index contributed by atoms with van der Waals surface area (Å²) in [7, 11) is 0. The Morgan fingerprint density at radius 1 is 0.852 bits per heavy atom. The highest BCUT2D eigenvalue weighted by atomic mass is 16.2. The molecule has 0 spiro atoms. The monoisotopic (exact) mass is 366 g/mol. The maximum Gasteiger partial charge on any atom is 0.255 e. The van der Waals surface area contributed by atoms with Crippen molar-refractivity contribution < 1.29 is 9.59 Å². The van der Waals surface area contributed by atoms with Crippen molar-refractivity contribution in [2.45, 2.75) is 13.8 Å². The van der Waals surface area contributed by atoms with Gasteiger partial charge in [-0.2, -0.15) is 0 Å². The number of hydrogen-bond acceptors (Lipinski definition) is 4. The minimum atomic E-state index is -0.173. The van der Waals surface area contributed by atoms with E-state index in [4.69, 9.17) is 0 Å². The van der Waals surface area contributed by atoms with E-state index in [1.54, 1.807) is 24.3 Å². The fourth-order valence-corrected chi connectivity index (χ4v) is 3.19. The van der Waals surface area contributed by atoms with Crippen LogP contribution in [0.2, 0.25) is 0 Å². The van der Waals surface area contributed by atoms with Crippen LogP contribution in [0.4, 0.5) is 17.1 Å². The zero-order valence-corrected chi connectivity index (χ0v) is 15.9. The summed E-state index contributed by atoms with van der Waals surface area (Å²) >= 11 is 0. The summed E-state index contributed by atoms with van der Waals surface area (Å²) in [5, 5.41) is 5.60. The van der Waals surface area contributed by atoms with Crippen molar-refractivity contribution in [3.8, 4) is 0 Å². The molecule has 2 N–H and O–H groups in total. The fraction of sp³-hybridized carbons (Fsp3) is 0.333. The van der Waals surface area contributed by atoms with E-state index in [0.29, 0.717) is 11.3 Å². The molecule has 0 aliphatic carbocycles. The SMILES string of the molecule is CCN1CCN(c2ccc(NC(=O)c3ccc(NC(C)=O)cc3)cc2)CC1. The first-order valence-corrected chi connectivity index (χ1v) is 9.31. The lowest BCUT2D eigenvalue weighted by Gasteiger charge is -2.35. The molecule has 3 rings (SSSR count). The first kappa shape index (κ1) is 18.9. The summed E-state index contributed by atoms with van der Waals surface area (Å²) in [5.74, 6) is -0.308. The van der Waals surface area contributed by atoms with Crippen LogP contribution in [-0.4, -0.2) is 49.4 Å². The second kappa shape index (κ2) is 8.68. The standard InChI is InChI=1S/C21H26N4O2/c1-3-24-12-14-25(15-13-24)20-10-8-19(9-11-20)23-21(27)17-4-6-18(7-5-17)22-16(2)26/h4-11H,3,12-15H2,1-2H3,(H,22,26)(H,23,27). The molecule has 1 saturated heterocycles. The number of hydrogen-bond donors (Lipinski definition) is 2. The van der Waals surface area contributed by atoms with Gasteiger partial charge in [0.1, 0.15) is 0 Å². The van der Waals surface area contributed by atoms with Crippen LogP contribution >= 0.6 is 0 Å². The molecule has 1 heterocycles. The second-order valence-corrected chi connectivity index (χ2v) is 6.68. The van der Waals surface area contributed by atoms with Crippen LogP contribution in [0.5, 0.6) is 0 Å². The van der Waals surface area contributed by atoms with E-state index in [1.165, 1.54) is 12.6 Å². The van der Waals surface area contributed by atoms with Gasteiger partial charge in [-0.05, 0) is 55.1 Å². The van der Waals surface area contributed by atoms with Gasteiger partial charge in [0.15, 0.2) is 0 Å². The Hall–Kier alpha value is -2.86. The third-order valence-corrected chi connectivity index (χ3v) is 4.78. The molecule has 0 bridgehead atoms. The maximum atomic E-state index is 12.4. The molecule has 142 valence electrons. The third kappa shape index (κ3) is 5.08. The average molecular weight is 366 g/mol. The molecule has 6 heteroatoms. The van der Waals surface area contributed by atoms with E-state index in [0.717, 1.165) is 38.4 Å². The van der Waals surface area contributed by atoms with E-state index in [1.807, 2.05) is 12.1 Å². The van der Waals surface area contributed by atoms with E-state index in [2.05, 4.69) is 39.5 Å². The topological polar surface area (TPSA) is 64.7 Å². The van der Waals surface area contributed by atoms with Gasteiger partial charge in [-0.15, -0.1) is 0 Å². The highest BCUT2D eigenvalue weighted by Gasteiger charge is 2.15. The van der Waals surface area contributed by atoms with Gasteiger partial charge in [-0.3, -0.25) is 9.59 Å². The fourth-order valence-electron chi connectivity index (χ4n) is 3.19. The van der Waals surface area contributed by atoms with E-state index in [9.17, 15) is 9.59 Å². The Labute approximate surface area is 160 Å². The molecule has 1 aliphatic rings. The van der Waals surface area contributed by atoms with Gasteiger partial charge < -0.3 is 20.4 Å². The average Bonchev–Trinajstić information content (AvgIpc) is 2.69. The van der Waals surface area contributed by atoms with Crippen molar-refractivity contribution in [1.82, 2.24) is 4.90 Å². The molecule has 0 unspecified atom stereocenters. The van der Waals surface area contributed by atoms with Gasteiger partial charge in [0.2, 0.25) is 5.91 Å². The highest BCUT2D eigenvalue weighted by molar-refractivity contribution is 6.04. The lowest BCUT2D eigenvalue weighted by atomic mass is 10.1. The Morgan fingerprint density at radius 3 is 1.96 bits per heavy atom. The van der Waals surface area contributed by atoms with Crippen molar-refractivity contribution >= 4 is 28.9 Å². The summed E-state index contributed by atoms with van der Waals surface area (Å²) in [6.07, 6.45) is 0. The number of rotatable bonds is 5. The van der Waals surface area contributed by atoms with E-state index < -0.39 is 0 Å². The number of piperazine rings is 1. The molecule has 6 nitrogen and oxygen atoms in total. The van der Waals surface area contributed by atoms with Crippen LogP contribution in [-0.2, 0) is 4.79 Å². The zero-order valence-electron chi connectivity index (χ0n) is 15.9. The molecule has 0 radical (unpaired) electrons. The van der Waals surface area contributed by atoms with Crippen LogP contribution in [0.3, 0.4) is 0 Å². The lowest BCUT2D eigenvalue weighted by molar-refractivity contribution is -0.114. The minimum Gasteiger partial charge on any atom is -0.369 e. The van der Waals surface area contributed by atoms with Gasteiger partial charge in [-0.1, -0.05) is 6.92 Å². The number of likely N-dealkylation sites (N-methyl/N-ethyl adjacent to an activating group) is 1. The first-order chi connectivity index (χ1) is 13.0. The van der Waals surface area contributed by atoms with Crippen LogP contribution in [0.1, 0.15) is 24.2 Å². The molecule has 2 aromatic carbocycles. The smallest absolute Gasteiger partial charge is 0.255 e. The Balaban J connectivity index is 1.57. The Bertz CT molecular complexity index is 779. The Morgan fingerprint density at radius 2 is 1.41 bits per heavy atom. The summed E-state index contributed by atoms with van der Waals surface area (Å²) in [5.41, 5.74) is 3.17. The number of amides is 2. The van der Waals surface area contributed by atoms with Crippen LogP contribution in [0.15, 0.2) is 48.5 Å². The predicted octanol–water partition coefficient (Wildman–Crippen LogP) is 3.04. The van der Waals surface area contributed by atoms with Crippen LogP contribution in [0.25, 0.3) is 0 Å². The van der Waals surface area contributed by atoms with Crippen molar-refractivity contribution in [3.63, 3.8) is 0 Å². The number of carbonyl (C=O) groups is 2. The normalized spacial score (nSPS) is 14.7. The Kier molecular flexibility index (Phi) is 6.08. The lowest BCUT2D eigenvalue weighted by Crippen LogP contribution is -2.46. The molecule has 0 atom stereocenters. The largest absolute Gasteiger partial charge is 0.369 e. The van der Waals surface area contributed by atoms with Crippen molar-refractivity contribution in [2.24, 2.45) is 0 Å². The van der Waals surface area contributed by atoms with Gasteiger partial charge in [0, 0.05) is 55.7 Å². The summed E-state index contributed by atoms with van der Waals surface area (Å²) in [6.45, 7) is 8.98. The highest BCUT2D eigenvalue weighted by Crippen LogP contribution is 2.20. The predicted molar refractivity (Wildman–Crippen MR) is 109 cm³/mol. The number of anilines is 3. The molecule has 1 aliphatic heterocycles. The maximum absolute atomic E-state index is 12.4. The molecule has 27 heavy (non-hydrogen) atoms. The molecule has 2 amide bonds. The van der Waals surface area contributed by atoms with E-state index >= 15 is 0 Å². The number of nitrogens with one attached hydrogen (secondary N) is 2. The van der Waals surface area contributed by atoms with E-state index in [-0.39, 0.29) is 11.8 Å². The number of benzene rings is 2. The molecular weight excluding hydrogens is 340 g/mol. The molecular formula is C21H26N4O2. The van der Waals surface area contributed by atoms with Gasteiger partial charge in [0.25, 0.3) is 5.91 Å². The van der Waals surface area contributed by atoms with Gasteiger partial charge in [-0.25, -0.2) is 0 Å². The molecule has 0 saturated carbocycles. The third-order valence-electron chi connectivity index (χ3n) is 4.78.